The molecule has 0 aliphatic carbocycles. The minimum atomic E-state index is -0.862. The van der Waals surface area contributed by atoms with Crippen molar-refractivity contribution in [1.29, 1.82) is 0 Å². The van der Waals surface area contributed by atoms with Gasteiger partial charge in [-0.05, 0) is 20.8 Å². The molecule has 0 spiro atoms. The van der Waals surface area contributed by atoms with Crippen molar-refractivity contribution in [2.75, 3.05) is 0 Å². The molecule has 1 aromatic rings. The second-order valence-corrected chi connectivity index (χ2v) is 4.64. The van der Waals surface area contributed by atoms with Crippen LogP contribution in [0.1, 0.15) is 43.8 Å². The van der Waals surface area contributed by atoms with E-state index in [9.17, 15) is 4.79 Å². The number of aliphatic carboxylic acids is 1. The monoisotopic (exact) mass is 239 g/mol. The van der Waals surface area contributed by atoms with Crippen molar-refractivity contribution in [2.24, 2.45) is 0 Å². The van der Waals surface area contributed by atoms with Crippen LogP contribution in [0.2, 0.25) is 0 Å². The van der Waals surface area contributed by atoms with Crippen LogP contribution in [0.5, 0.6) is 0 Å². The van der Waals surface area contributed by atoms with E-state index in [0.29, 0.717) is 6.04 Å². The number of carbonyl (C=O) groups is 1. The molecule has 1 heterocycles. The Morgan fingerprint density at radius 3 is 2.47 bits per heavy atom. The van der Waals surface area contributed by atoms with E-state index < -0.39 is 12.0 Å². The van der Waals surface area contributed by atoms with Gasteiger partial charge in [-0.15, -0.1) is 0 Å². The highest BCUT2D eigenvalue weighted by atomic mass is 16.4. The second-order valence-electron chi connectivity index (χ2n) is 4.64. The van der Waals surface area contributed by atoms with Crippen LogP contribution < -0.4 is 5.32 Å². The van der Waals surface area contributed by atoms with Gasteiger partial charge in [0.25, 0.3) is 0 Å². The third-order valence-electron chi connectivity index (χ3n) is 2.89. The number of hydrogen-bond donors (Lipinski definition) is 2. The smallest absolute Gasteiger partial charge is 0.328 e. The molecule has 0 radical (unpaired) electrons. The average molecular weight is 239 g/mol. The quantitative estimate of drug-likeness (QED) is 0.819. The highest BCUT2D eigenvalue weighted by Gasteiger charge is 2.20. The number of carboxylic acid groups (broad SMARTS) is 1. The lowest BCUT2D eigenvalue weighted by Crippen LogP contribution is -2.23. The molecule has 0 amide bonds. The van der Waals surface area contributed by atoms with Crippen molar-refractivity contribution in [1.82, 2.24) is 15.1 Å². The molecule has 0 fully saturated rings. The minimum absolute atomic E-state index is 0.397. The Morgan fingerprint density at radius 1 is 1.41 bits per heavy atom. The van der Waals surface area contributed by atoms with Gasteiger partial charge in [-0.1, -0.05) is 13.8 Å². The van der Waals surface area contributed by atoms with E-state index in [1.807, 2.05) is 13.8 Å². The molecule has 1 rings (SSSR count). The molecule has 0 aromatic carbocycles. The maximum Gasteiger partial charge on any atom is 0.328 e. The molecule has 1 unspecified atom stereocenters. The molecule has 17 heavy (non-hydrogen) atoms. The van der Waals surface area contributed by atoms with Gasteiger partial charge in [-0.2, -0.15) is 5.10 Å². The summed E-state index contributed by atoms with van der Waals surface area (Å²) in [5.74, 6) is -0.862. The van der Waals surface area contributed by atoms with Crippen molar-refractivity contribution in [2.45, 2.75) is 53.2 Å². The molecule has 0 bridgehead atoms. The van der Waals surface area contributed by atoms with Crippen LogP contribution in [0.25, 0.3) is 0 Å². The number of rotatable bonds is 5. The van der Waals surface area contributed by atoms with Gasteiger partial charge in [-0.25, -0.2) is 4.79 Å². The Kier molecular flexibility index (Phi) is 4.28. The highest BCUT2D eigenvalue weighted by Crippen LogP contribution is 2.17. The van der Waals surface area contributed by atoms with Crippen molar-refractivity contribution in [3.05, 3.63) is 17.0 Å². The fraction of sp³-hybridized carbons (Fsp3) is 0.667. The van der Waals surface area contributed by atoms with Crippen molar-refractivity contribution in [3.8, 4) is 0 Å². The normalized spacial score (nSPS) is 13.1. The first-order chi connectivity index (χ1) is 7.84. The van der Waals surface area contributed by atoms with Crippen LogP contribution in [-0.2, 0) is 11.3 Å². The SMILES string of the molecule is Cc1nn(C(C)C(=O)O)c(C)c1CNC(C)C. The molecule has 0 saturated carbocycles. The van der Waals surface area contributed by atoms with Crippen molar-refractivity contribution < 1.29 is 9.90 Å². The van der Waals surface area contributed by atoms with Crippen LogP contribution in [0.4, 0.5) is 0 Å². The number of aromatic nitrogens is 2. The Labute approximate surface area is 102 Å². The van der Waals surface area contributed by atoms with E-state index in [4.69, 9.17) is 5.11 Å². The molecule has 96 valence electrons. The van der Waals surface area contributed by atoms with Crippen LogP contribution in [0, 0.1) is 13.8 Å². The molecule has 5 nitrogen and oxygen atoms in total. The lowest BCUT2D eigenvalue weighted by Gasteiger charge is -2.11. The lowest BCUT2D eigenvalue weighted by molar-refractivity contribution is -0.140. The summed E-state index contributed by atoms with van der Waals surface area (Å²) in [5, 5.41) is 16.6. The third-order valence-corrected chi connectivity index (χ3v) is 2.89. The molecular weight excluding hydrogens is 218 g/mol. The Hall–Kier alpha value is -1.36. The van der Waals surface area contributed by atoms with E-state index in [1.165, 1.54) is 0 Å². The first-order valence-electron chi connectivity index (χ1n) is 5.85. The second kappa shape index (κ2) is 5.31. The zero-order chi connectivity index (χ0) is 13.2. The van der Waals surface area contributed by atoms with Gasteiger partial charge in [0.15, 0.2) is 0 Å². The summed E-state index contributed by atoms with van der Waals surface area (Å²) in [6.45, 7) is 10.3. The lowest BCUT2D eigenvalue weighted by atomic mass is 10.2. The van der Waals surface area contributed by atoms with E-state index >= 15 is 0 Å². The molecule has 5 heteroatoms. The molecule has 0 aliphatic heterocycles. The van der Waals surface area contributed by atoms with Gasteiger partial charge in [-0.3, -0.25) is 4.68 Å². The van der Waals surface area contributed by atoms with Crippen LogP contribution in [-0.4, -0.2) is 26.9 Å². The molecule has 1 atom stereocenters. The Morgan fingerprint density at radius 2 is 2.00 bits per heavy atom. The van der Waals surface area contributed by atoms with Crippen LogP contribution in [0.15, 0.2) is 0 Å². The van der Waals surface area contributed by atoms with E-state index in [-0.39, 0.29) is 0 Å². The predicted molar refractivity (Wildman–Crippen MR) is 66.0 cm³/mol. The topological polar surface area (TPSA) is 67.2 Å². The van der Waals surface area contributed by atoms with Gasteiger partial charge >= 0.3 is 5.97 Å². The van der Waals surface area contributed by atoms with Gasteiger partial charge in [0.2, 0.25) is 0 Å². The van der Waals surface area contributed by atoms with Gasteiger partial charge in [0, 0.05) is 23.8 Å². The zero-order valence-corrected chi connectivity index (χ0v) is 11.1. The van der Waals surface area contributed by atoms with E-state index in [2.05, 4.69) is 24.3 Å². The number of nitrogens with one attached hydrogen (secondary N) is 1. The predicted octanol–water partition coefficient (Wildman–Crippen LogP) is 1.64. The van der Waals surface area contributed by atoms with E-state index in [0.717, 1.165) is 23.5 Å². The van der Waals surface area contributed by atoms with Gasteiger partial charge in [0.05, 0.1) is 5.69 Å². The summed E-state index contributed by atoms with van der Waals surface area (Å²) in [7, 11) is 0. The van der Waals surface area contributed by atoms with Crippen LogP contribution in [0.3, 0.4) is 0 Å². The van der Waals surface area contributed by atoms with E-state index in [1.54, 1.807) is 11.6 Å². The first-order valence-corrected chi connectivity index (χ1v) is 5.85. The van der Waals surface area contributed by atoms with Gasteiger partial charge < -0.3 is 10.4 Å². The number of hydrogen-bond acceptors (Lipinski definition) is 3. The maximum atomic E-state index is 11.0. The largest absolute Gasteiger partial charge is 0.480 e. The molecule has 0 aliphatic rings. The minimum Gasteiger partial charge on any atom is -0.480 e. The van der Waals surface area contributed by atoms with Crippen molar-refractivity contribution >= 4 is 5.97 Å². The number of carboxylic acids is 1. The van der Waals surface area contributed by atoms with Crippen LogP contribution >= 0.6 is 0 Å². The summed E-state index contributed by atoms with van der Waals surface area (Å²) in [6.07, 6.45) is 0. The fourth-order valence-corrected chi connectivity index (χ4v) is 1.74. The average Bonchev–Trinajstić information content (AvgIpc) is 2.50. The summed E-state index contributed by atoms with van der Waals surface area (Å²) in [5.41, 5.74) is 2.90. The first kappa shape index (κ1) is 13.7. The molecule has 0 saturated heterocycles. The molecular formula is C12H21N3O2. The molecule has 2 N–H and O–H groups in total. The summed E-state index contributed by atoms with van der Waals surface area (Å²) < 4.78 is 1.58. The molecule has 1 aromatic heterocycles. The van der Waals surface area contributed by atoms with Crippen molar-refractivity contribution in [3.63, 3.8) is 0 Å². The highest BCUT2D eigenvalue weighted by molar-refractivity contribution is 5.71. The third kappa shape index (κ3) is 3.06. The maximum absolute atomic E-state index is 11.0. The number of aryl methyl sites for hydroxylation is 1. The Balaban J connectivity index is 2.97. The Bertz CT molecular complexity index is 410. The summed E-state index contributed by atoms with van der Waals surface area (Å²) in [6, 6.07) is -0.226. The number of nitrogens with zero attached hydrogens (tertiary/aromatic N) is 2. The zero-order valence-electron chi connectivity index (χ0n) is 11.1. The van der Waals surface area contributed by atoms with Gasteiger partial charge in [0.1, 0.15) is 6.04 Å². The fourth-order valence-electron chi connectivity index (χ4n) is 1.74. The summed E-state index contributed by atoms with van der Waals surface area (Å²) >= 11 is 0. The summed E-state index contributed by atoms with van der Waals surface area (Å²) in [4.78, 5) is 11.0. The standard InChI is InChI=1S/C12H21N3O2/c1-7(2)13-6-11-8(3)14-15(9(11)4)10(5)12(16)17/h7,10,13H,6H2,1-5H3,(H,16,17).